The van der Waals surface area contributed by atoms with Crippen molar-refractivity contribution in [2.24, 2.45) is 0 Å². The second-order valence-electron chi connectivity index (χ2n) is 4.31. The molecule has 0 aromatic rings. The van der Waals surface area contributed by atoms with E-state index in [0.29, 0.717) is 6.04 Å². The van der Waals surface area contributed by atoms with Crippen LogP contribution in [0, 0.1) is 0 Å². The Morgan fingerprint density at radius 3 is 2.64 bits per heavy atom. The van der Waals surface area contributed by atoms with E-state index >= 15 is 0 Å². The number of methoxy groups -OCH3 is 1. The van der Waals surface area contributed by atoms with Crippen LogP contribution in [-0.4, -0.2) is 37.0 Å². The Morgan fingerprint density at radius 1 is 1.50 bits per heavy atom. The number of aliphatic hydroxyl groups excluding tert-OH is 1. The maximum Gasteiger partial charge on any atom is 0.0613 e. The molecule has 0 aromatic carbocycles. The molecule has 0 spiro atoms. The zero-order valence-electron chi connectivity index (χ0n) is 9.38. The normalized spacial score (nSPS) is 20.8. The molecule has 0 saturated heterocycles. The monoisotopic (exact) mass is 201 g/mol. The molecule has 14 heavy (non-hydrogen) atoms. The highest BCUT2D eigenvalue weighted by Crippen LogP contribution is 2.26. The van der Waals surface area contributed by atoms with Gasteiger partial charge in [0.2, 0.25) is 0 Å². The molecule has 0 aromatic heterocycles. The summed E-state index contributed by atoms with van der Waals surface area (Å²) in [4.78, 5) is 0. The molecule has 1 aliphatic carbocycles. The van der Waals surface area contributed by atoms with Gasteiger partial charge in [-0.15, -0.1) is 0 Å². The van der Waals surface area contributed by atoms with Crippen LogP contribution < -0.4 is 5.32 Å². The van der Waals surface area contributed by atoms with E-state index in [1.165, 1.54) is 12.8 Å². The molecule has 1 aliphatic rings. The third-order valence-electron chi connectivity index (χ3n) is 3.07. The van der Waals surface area contributed by atoms with Crippen LogP contribution in [0.5, 0.6) is 0 Å². The molecule has 1 saturated carbocycles. The van der Waals surface area contributed by atoms with E-state index in [1.807, 2.05) is 0 Å². The maximum atomic E-state index is 9.45. The summed E-state index contributed by atoms with van der Waals surface area (Å²) in [6.45, 7) is 3.16. The zero-order chi connectivity index (χ0) is 10.4. The van der Waals surface area contributed by atoms with Crippen molar-refractivity contribution in [3.05, 3.63) is 0 Å². The van der Waals surface area contributed by atoms with Crippen molar-refractivity contribution in [2.75, 3.05) is 20.3 Å². The maximum absolute atomic E-state index is 9.45. The Morgan fingerprint density at radius 2 is 2.21 bits per heavy atom. The molecule has 0 heterocycles. The summed E-state index contributed by atoms with van der Waals surface area (Å²) in [6.07, 6.45) is 5.55. The van der Waals surface area contributed by atoms with Gasteiger partial charge in [0, 0.05) is 25.3 Å². The van der Waals surface area contributed by atoms with Crippen molar-refractivity contribution in [3.63, 3.8) is 0 Å². The van der Waals surface area contributed by atoms with Gasteiger partial charge in [-0.05, 0) is 32.1 Å². The Hall–Kier alpha value is -0.120. The molecule has 0 amide bonds. The van der Waals surface area contributed by atoms with E-state index in [2.05, 4.69) is 12.2 Å². The van der Waals surface area contributed by atoms with Crippen LogP contribution in [0.4, 0.5) is 0 Å². The SMILES string of the molecule is CCC(CO)(CCCOC)NC1CC1. The number of ether oxygens (including phenoxy) is 1. The summed E-state index contributed by atoms with van der Waals surface area (Å²) in [5.74, 6) is 0. The Labute approximate surface area is 86.8 Å². The standard InChI is InChI=1S/C11H23NO2/c1-3-11(9-13,7-4-8-14-2)12-10-5-6-10/h10,12-13H,3-9H2,1-2H3. The topological polar surface area (TPSA) is 41.5 Å². The lowest BCUT2D eigenvalue weighted by Gasteiger charge is -2.32. The predicted molar refractivity (Wildman–Crippen MR) is 57.4 cm³/mol. The van der Waals surface area contributed by atoms with Gasteiger partial charge in [-0.3, -0.25) is 0 Å². The fourth-order valence-electron chi connectivity index (χ4n) is 1.80. The average Bonchev–Trinajstić information content (AvgIpc) is 3.00. The van der Waals surface area contributed by atoms with Crippen molar-refractivity contribution < 1.29 is 9.84 Å². The molecule has 3 heteroatoms. The van der Waals surface area contributed by atoms with E-state index in [0.717, 1.165) is 25.9 Å². The Kier molecular flexibility index (Phi) is 4.85. The molecule has 1 fully saturated rings. The fraction of sp³-hybridized carbons (Fsp3) is 1.00. The molecule has 84 valence electrons. The van der Waals surface area contributed by atoms with Crippen molar-refractivity contribution in [1.29, 1.82) is 0 Å². The van der Waals surface area contributed by atoms with Crippen molar-refractivity contribution >= 4 is 0 Å². The first kappa shape index (κ1) is 12.0. The van der Waals surface area contributed by atoms with Crippen LogP contribution >= 0.6 is 0 Å². The summed E-state index contributed by atoms with van der Waals surface area (Å²) in [5, 5.41) is 13.0. The number of nitrogens with one attached hydrogen (secondary N) is 1. The number of hydrogen-bond acceptors (Lipinski definition) is 3. The first-order valence-electron chi connectivity index (χ1n) is 5.64. The van der Waals surface area contributed by atoms with Crippen LogP contribution in [0.2, 0.25) is 0 Å². The van der Waals surface area contributed by atoms with Gasteiger partial charge in [0.25, 0.3) is 0 Å². The first-order valence-corrected chi connectivity index (χ1v) is 5.64. The van der Waals surface area contributed by atoms with Crippen LogP contribution in [-0.2, 0) is 4.74 Å². The molecule has 0 radical (unpaired) electrons. The lowest BCUT2D eigenvalue weighted by atomic mass is 9.91. The average molecular weight is 201 g/mol. The molecule has 1 unspecified atom stereocenters. The largest absolute Gasteiger partial charge is 0.394 e. The van der Waals surface area contributed by atoms with Crippen LogP contribution in [0.15, 0.2) is 0 Å². The highest BCUT2D eigenvalue weighted by Gasteiger charge is 2.33. The molecule has 2 N–H and O–H groups in total. The zero-order valence-corrected chi connectivity index (χ0v) is 9.38. The minimum Gasteiger partial charge on any atom is -0.394 e. The molecular formula is C11H23NO2. The van der Waals surface area contributed by atoms with Gasteiger partial charge < -0.3 is 15.2 Å². The van der Waals surface area contributed by atoms with Gasteiger partial charge in [0.05, 0.1) is 6.61 Å². The summed E-state index contributed by atoms with van der Waals surface area (Å²) in [7, 11) is 1.72. The minimum atomic E-state index is -0.0559. The molecule has 1 rings (SSSR count). The highest BCUT2D eigenvalue weighted by molar-refractivity contribution is 4.94. The van der Waals surface area contributed by atoms with Crippen LogP contribution in [0.1, 0.15) is 39.0 Å². The predicted octanol–water partition coefficient (Wildman–Crippen LogP) is 1.31. The lowest BCUT2D eigenvalue weighted by molar-refractivity contribution is 0.124. The van der Waals surface area contributed by atoms with Gasteiger partial charge in [-0.2, -0.15) is 0 Å². The van der Waals surface area contributed by atoms with Gasteiger partial charge in [0.15, 0.2) is 0 Å². The summed E-state index contributed by atoms with van der Waals surface area (Å²) in [5.41, 5.74) is -0.0559. The first-order chi connectivity index (χ1) is 6.76. The third kappa shape index (κ3) is 3.56. The highest BCUT2D eigenvalue weighted by atomic mass is 16.5. The molecule has 0 aliphatic heterocycles. The van der Waals surface area contributed by atoms with E-state index < -0.39 is 0 Å². The quantitative estimate of drug-likeness (QED) is 0.582. The van der Waals surface area contributed by atoms with Gasteiger partial charge >= 0.3 is 0 Å². The molecular weight excluding hydrogens is 178 g/mol. The van der Waals surface area contributed by atoms with Crippen LogP contribution in [0.25, 0.3) is 0 Å². The number of hydrogen-bond donors (Lipinski definition) is 2. The Bertz CT molecular complexity index is 153. The summed E-state index contributed by atoms with van der Waals surface area (Å²) < 4.78 is 5.04. The van der Waals surface area contributed by atoms with Gasteiger partial charge in [0.1, 0.15) is 0 Å². The van der Waals surface area contributed by atoms with E-state index in [1.54, 1.807) is 7.11 Å². The minimum absolute atomic E-state index is 0.0559. The van der Waals surface area contributed by atoms with Gasteiger partial charge in [-0.25, -0.2) is 0 Å². The van der Waals surface area contributed by atoms with Crippen molar-refractivity contribution in [1.82, 2.24) is 5.32 Å². The smallest absolute Gasteiger partial charge is 0.0613 e. The number of aliphatic hydroxyl groups is 1. The fourth-order valence-corrected chi connectivity index (χ4v) is 1.80. The summed E-state index contributed by atoms with van der Waals surface area (Å²) in [6, 6.07) is 0.657. The van der Waals surface area contributed by atoms with Crippen LogP contribution in [0.3, 0.4) is 0 Å². The molecule has 1 atom stereocenters. The third-order valence-corrected chi connectivity index (χ3v) is 3.07. The van der Waals surface area contributed by atoms with Gasteiger partial charge in [-0.1, -0.05) is 6.92 Å². The van der Waals surface area contributed by atoms with E-state index in [4.69, 9.17) is 4.74 Å². The lowest BCUT2D eigenvalue weighted by Crippen LogP contribution is -2.49. The molecule has 3 nitrogen and oxygen atoms in total. The molecule has 0 bridgehead atoms. The van der Waals surface area contributed by atoms with Crippen molar-refractivity contribution in [2.45, 2.75) is 50.6 Å². The summed E-state index contributed by atoms with van der Waals surface area (Å²) >= 11 is 0. The van der Waals surface area contributed by atoms with Crippen molar-refractivity contribution in [3.8, 4) is 0 Å². The van der Waals surface area contributed by atoms with E-state index in [-0.39, 0.29) is 12.1 Å². The second-order valence-corrected chi connectivity index (χ2v) is 4.31. The second kappa shape index (κ2) is 5.69. The van der Waals surface area contributed by atoms with E-state index in [9.17, 15) is 5.11 Å². The Balaban J connectivity index is 2.32. The number of rotatable bonds is 8.